The number of nitrogens with zero attached hydrogens (tertiary/aromatic N) is 4. The van der Waals surface area contributed by atoms with Crippen LogP contribution in [0.5, 0.6) is 0 Å². The van der Waals surface area contributed by atoms with Crippen molar-refractivity contribution in [1.82, 2.24) is 9.80 Å². The molecule has 204 valence electrons. The molecule has 2 aliphatic heterocycles. The summed E-state index contributed by atoms with van der Waals surface area (Å²) in [6.07, 6.45) is -3.11. The second kappa shape index (κ2) is 11.6. The van der Waals surface area contributed by atoms with E-state index < -0.39 is 29.1 Å². The summed E-state index contributed by atoms with van der Waals surface area (Å²) >= 11 is 5.89. The highest BCUT2D eigenvalue weighted by atomic mass is 35.5. The number of piperazine rings is 1. The zero-order valence-corrected chi connectivity index (χ0v) is 22.0. The van der Waals surface area contributed by atoms with E-state index in [1.807, 2.05) is 0 Å². The molecule has 0 bridgehead atoms. The van der Waals surface area contributed by atoms with Crippen molar-refractivity contribution in [1.29, 1.82) is 5.26 Å². The molecule has 1 saturated heterocycles. The Labute approximate surface area is 229 Å². The van der Waals surface area contributed by atoms with Gasteiger partial charge in [0, 0.05) is 47.9 Å². The van der Waals surface area contributed by atoms with Crippen molar-refractivity contribution >= 4 is 35.0 Å². The van der Waals surface area contributed by atoms with Crippen LogP contribution in [0.25, 0.3) is 0 Å². The highest BCUT2D eigenvalue weighted by Crippen LogP contribution is 2.37. The summed E-state index contributed by atoms with van der Waals surface area (Å²) in [5.74, 6) is -1.33. The molecule has 2 aliphatic rings. The van der Waals surface area contributed by atoms with Crippen molar-refractivity contribution in [2.45, 2.75) is 32.4 Å². The van der Waals surface area contributed by atoms with Crippen molar-refractivity contribution < 1.29 is 27.6 Å². The summed E-state index contributed by atoms with van der Waals surface area (Å²) in [6.45, 7) is 4.88. The SMILES string of the molecule is CC1=C(CCCCN2CCN(C(=O)c3ccc(Cl)cc3)CC2)C(=O)N(c2ccc(C#N)c(C(F)(F)F)c2)C1=O. The fourth-order valence-corrected chi connectivity index (χ4v) is 4.93. The maximum atomic E-state index is 13.4. The van der Waals surface area contributed by atoms with Gasteiger partial charge in [-0.25, -0.2) is 4.90 Å². The number of nitriles is 1. The minimum atomic E-state index is -4.80. The van der Waals surface area contributed by atoms with Crippen LogP contribution in [0.3, 0.4) is 0 Å². The second-order valence-electron chi connectivity index (χ2n) is 9.49. The molecule has 2 aromatic carbocycles. The Morgan fingerprint density at radius 2 is 1.67 bits per heavy atom. The maximum Gasteiger partial charge on any atom is 0.417 e. The van der Waals surface area contributed by atoms with Crippen molar-refractivity contribution in [3.63, 3.8) is 0 Å². The van der Waals surface area contributed by atoms with Gasteiger partial charge in [0.15, 0.2) is 0 Å². The number of alkyl halides is 3. The fraction of sp³-hybridized carbons (Fsp3) is 0.357. The number of hydrogen-bond donors (Lipinski definition) is 0. The summed E-state index contributed by atoms with van der Waals surface area (Å²) in [6, 6.07) is 11.1. The number of carbonyl (C=O) groups excluding carboxylic acids is 3. The molecule has 0 radical (unpaired) electrons. The normalized spacial score (nSPS) is 16.7. The monoisotopic (exact) mass is 558 g/mol. The standard InChI is InChI=1S/C28H26ClF3N4O3/c1-18-23(27(39)36(25(18)37)22-10-7-20(17-33)24(16-22)28(30,31)32)4-2-3-11-34-12-14-35(15-13-34)26(38)19-5-8-21(29)9-6-19/h5-10,16H,2-4,11-15H2,1H3. The predicted octanol–water partition coefficient (Wildman–Crippen LogP) is 5.05. The summed E-state index contributed by atoms with van der Waals surface area (Å²) in [4.78, 5) is 43.3. The van der Waals surface area contributed by atoms with E-state index in [0.29, 0.717) is 55.7 Å². The first kappa shape index (κ1) is 28.3. The van der Waals surface area contributed by atoms with Crippen LogP contribution in [0.4, 0.5) is 18.9 Å². The lowest BCUT2D eigenvalue weighted by Gasteiger charge is -2.34. The first-order chi connectivity index (χ1) is 18.5. The van der Waals surface area contributed by atoms with Crippen LogP contribution in [0, 0.1) is 11.3 Å². The van der Waals surface area contributed by atoms with Gasteiger partial charge in [-0.1, -0.05) is 11.6 Å². The molecule has 0 atom stereocenters. The van der Waals surface area contributed by atoms with E-state index in [1.54, 1.807) is 29.2 Å². The van der Waals surface area contributed by atoms with Gasteiger partial charge in [-0.3, -0.25) is 19.3 Å². The Morgan fingerprint density at radius 1 is 1.00 bits per heavy atom. The third-order valence-electron chi connectivity index (χ3n) is 7.03. The van der Waals surface area contributed by atoms with E-state index in [4.69, 9.17) is 16.9 Å². The molecule has 0 spiro atoms. The van der Waals surface area contributed by atoms with E-state index in [1.165, 1.54) is 19.1 Å². The third kappa shape index (κ3) is 6.15. The van der Waals surface area contributed by atoms with Crippen molar-refractivity contribution in [3.8, 4) is 6.07 Å². The van der Waals surface area contributed by atoms with E-state index in [-0.39, 0.29) is 22.7 Å². The van der Waals surface area contributed by atoms with Gasteiger partial charge in [0.2, 0.25) is 0 Å². The molecule has 2 heterocycles. The van der Waals surface area contributed by atoms with Crippen LogP contribution < -0.4 is 4.90 Å². The van der Waals surface area contributed by atoms with Crippen LogP contribution >= 0.6 is 11.6 Å². The molecule has 0 aliphatic carbocycles. The van der Waals surface area contributed by atoms with Crippen LogP contribution in [-0.4, -0.2) is 60.2 Å². The Bertz CT molecular complexity index is 1360. The molecule has 0 aromatic heterocycles. The number of anilines is 1. The van der Waals surface area contributed by atoms with Gasteiger partial charge < -0.3 is 4.90 Å². The van der Waals surface area contributed by atoms with E-state index in [9.17, 15) is 27.6 Å². The lowest BCUT2D eigenvalue weighted by Crippen LogP contribution is -2.48. The van der Waals surface area contributed by atoms with Gasteiger partial charge in [0.05, 0.1) is 22.9 Å². The van der Waals surface area contributed by atoms with Gasteiger partial charge in [0.1, 0.15) is 0 Å². The fourth-order valence-electron chi connectivity index (χ4n) is 4.80. The highest BCUT2D eigenvalue weighted by Gasteiger charge is 2.39. The number of unbranched alkanes of at least 4 members (excludes halogenated alkanes) is 1. The van der Waals surface area contributed by atoms with Crippen molar-refractivity contribution in [3.05, 3.63) is 75.3 Å². The zero-order valence-electron chi connectivity index (χ0n) is 21.2. The molecule has 3 amide bonds. The average Bonchev–Trinajstić information content (AvgIpc) is 3.13. The number of imide groups is 1. The minimum Gasteiger partial charge on any atom is -0.336 e. The van der Waals surface area contributed by atoms with Gasteiger partial charge >= 0.3 is 6.18 Å². The molecular formula is C28H26ClF3N4O3. The molecule has 7 nitrogen and oxygen atoms in total. The number of halogens is 4. The molecule has 0 N–H and O–H groups in total. The van der Waals surface area contributed by atoms with E-state index >= 15 is 0 Å². The number of hydrogen-bond acceptors (Lipinski definition) is 5. The Kier molecular flexibility index (Phi) is 8.42. The molecule has 0 saturated carbocycles. The molecule has 11 heteroatoms. The maximum absolute atomic E-state index is 13.4. The number of carbonyl (C=O) groups is 3. The van der Waals surface area contributed by atoms with Crippen LogP contribution in [0.1, 0.15) is 47.7 Å². The average molecular weight is 559 g/mol. The molecule has 1 fully saturated rings. The molecule has 39 heavy (non-hydrogen) atoms. The Hall–Kier alpha value is -3.68. The number of rotatable bonds is 7. The summed E-state index contributed by atoms with van der Waals surface area (Å²) in [5, 5.41) is 9.58. The molecule has 2 aromatic rings. The van der Waals surface area contributed by atoms with Gasteiger partial charge in [-0.15, -0.1) is 0 Å². The lowest BCUT2D eigenvalue weighted by atomic mass is 10.0. The zero-order chi connectivity index (χ0) is 28.3. The molecular weight excluding hydrogens is 533 g/mol. The second-order valence-corrected chi connectivity index (χ2v) is 9.92. The largest absolute Gasteiger partial charge is 0.417 e. The lowest BCUT2D eigenvalue weighted by molar-refractivity contribution is -0.138. The first-order valence-corrected chi connectivity index (χ1v) is 12.9. The highest BCUT2D eigenvalue weighted by molar-refractivity contribution is 6.32. The van der Waals surface area contributed by atoms with Gasteiger partial charge in [0.25, 0.3) is 17.7 Å². The summed E-state index contributed by atoms with van der Waals surface area (Å²) in [5.41, 5.74) is -0.883. The Balaban J connectivity index is 1.29. The van der Waals surface area contributed by atoms with E-state index in [2.05, 4.69) is 4.90 Å². The number of amides is 3. The topological polar surface area (TPSA) is 84.7 Å². The molecule has 4 rings (SSSR count). The minimum absolute atomic E-state index is 0.0349. The quantitative estimate of drug-likeness (QED) is 0.351. The van der Waals surface area contributed by atoms with Crippen LogP contribution in [0.2, 0.25) is 5.02 Å². The third-order valence-corrected chi connectivity index (χ3v) is 7.28. The van der Waals surface area contributed by atoms with Crippen molar-refractivity contribution in [2.75, 3.05) is 37.6 Å². The Morgan fingerprint density at radius 3 is 2.28 bits per heavy atom. The van der Waals surface area contributed by atoms with Crippen LogP contribution in [-0.2, 0) is 15.8 Å². The van der Waals surface area contributed by atoms with Gasteiger partial charge in [-0.2, -0.15) is 18.4 Å². The summed E-state index contributed by atoms with van der Waals surface area (Å²) in [7, 11) is 0. The summed E-state index contributed by atoms with van der Waals surface area (Å²) < 4.78 is 40.2. The van der Waals surface area contributed by atoms with Crippen molar-refractivity contribution in [2.24, 2.45) is 0 Å². The van der Waals surface area contributed by atoms with E-state index in [0.717, 1.165) is 23.9 Å². The van der Waals surface area contributed by atoms with Gasteiger partial charge in [-0.05, 0) is 75.2 Å². The number of benzene rings is 2. The first-order valence-electron chi connectivity index (χ1n) is 12.5. The predicted molar refractivity (Wildman–Crippen MR) is 139 cm³/mol. The molecule has 0 unspecified atom stereocenters. The van der Waals surface area contributed by atoms with Crippen LogP contribution in [0.15, 0.2) is 53.6 Å². The smallest absolute Gasteiger partial charge is 0.336 e.